The number of carbonyl (C=O) groups is 2. The highest BCUT2D eigenvalue weighted by molar-refractivity contribution is 5.98. The van der Waals surface area contributed by atoms with Crippen molar-refractivity contribution in [1.29, 1.82) is 0 Å². The SMILES string of the molecule is CCCC(=O)Nc1ccc2c(c1)OC[C@@H](C)N(C)C[C@H](C)[C@H](OC)CN(C)C2=O. The minimum Gasteiger partial charge on any atom is -0.491 e. The highest BCUT2D eigenvalue weighted by Gasteiger charge is 2.27. The normalized spacial score (nSPS) is 24.1. The van der Waals surface area contributed by atoms with Gasteiger partial charge in [-0.3, -0.25) is 14.5 Å². The van der Waals surface area contributed by atoms with Crippen LogP contribution in [0.5, 0.6) is 5.75 Å². The van der Waals surface area contributed by atoms with E-state index >= 15 is 0 Å². The van der Waals surface area contributed by atoms with Crippen LogP contribution in [0.2, 0.25) is 0 Å². The van der Waals surface area contributed by atoms with Crippen molar-refractivity contribution >= 4 is 17.5 Å². The summed E-state index contributed by atoms with van der Waals surface area (Å²) in [5, 5.41) is 2.87. The Labute approximate surface area is 174 Å². The number of methoxy groups -OCH3 is 1. The van der Waals surface area contributed by atoms with Crippen LogP contribution in [0, 0.1) is 5.92 Å². The fourth-order valence-corrected chi connectivity index (χ4v) is 3.48. The van der Waals surface area contributed by atoms with Gasteiger partial charge in [0.15, 0.2) is 0 Å². The van der Waals surface area contributed by atoms with Gasteiger partial charge in [0, 0.05) is 51.5 Å². The molecular formula is C22H35N3O4. The molecule has 0 spiro atoms. The molecular weight excluding hydrogens is 370 g/mol. The van der Waals surface area contributed by atoms with E-state index in [0.717, 1.165) is 13.0 Å². The van der Waals surface area contributed by atoms with Gasteiger partial charge in [-0.1, -0.05) is 13.8 Å². The number of hydrogen-bond donors (Lipinski definition) is 1. The van der Waals surface area contributed by atoms with E-state index in [-0.39, 0.29) is 29.9 Å². The molecule has 3 atom stereocenters. The molecule has 0 saturated heterocycles. The summed E-state index contributed by atoms with van der Waals surface area (Å²) in [4.78, 5) is 29.0. The van der Waals surface area contributed by atoms with Crippen LogP contribution >= 0.6 is 0 Å². The summed E-state index contributed by atoms with van der Waals surface area (Å²) < 4.78 is 11.7. The Morgan fingerprint density at radius 3 is 2.66 bits per heavy atom. The molecule has 7 heteroatoms. The van der Waals surface area contributed by atoms with Crippen LogP contribution in [0.3, 0.4) is 0 Å². The van der Waals surface area contributed by atoms with Crippen molar-refractivity contribution in [2.75, 3.05) is 46.2 Å². The first-order chi connectivity index (χ1) is 13.8. The van der Waals surface area contributed by atoms with Crippen LogP contribution in [-0.4, -0.2) is 74.7 Å². The number of anilines is 1. The smallest absolute Gasteiger partial charge is 0.257 e. The Hall–Kier alpha value is -2.12. The van der Waals surface area contributed by atoms with Gasteiger partial charge >= 0.3 is 0 Å². The number of carbonyl (C=O) groups excluding carboxylic acids is 2. The lowest BCUT2D eigenvalue weighted by atomic mass is 10.0. The van der Waals surface area contributed by atoms with E-state index in [1.807, 2.05) is 6.92 Å². The number of fused-ring (bicyclic) bond motifs is 1. The Kier molecular flexibility index (Phi) is 8.46. The van der Waals surface area contributed by atoms with Crippen LogP contribution < -0.4 is 10.1 Å². The predicted molar refractivity (Wildman–Crippen MR) is 114 cm³/mol. The number of hydrogen-bond acceptors (Lipinski definition) is 5. The van der Waals surface area contributed by atoms with Gasteiger partial charge in [0.2, 0.25) is 5.91 Å². The number of nitrogens with zero attached hydrogens (tertiary/aromatic N) is 2. The Balaban J connectivity index is 2.35. The fraction of sp³-hybridized carbons (Fsp3) is 0.636. The van der Waals surface area contributed by atoms with Gasteiger partial charge < -0.3 is 19.7 Å². The lowest BCUT2D eigenvalue weighted by Crippen LogP contribution is -2.45. The van der Waals surface area contributed by atoms with E-state index in [1.54, 1.807) is 37.3 Å². The third-order valence-electron chi connectivity index (χ3n) is 5.52. The van der Waals surface area contributed by atoms with E-state index in [9.17, 15) is 9.59 Å². The monoisotopic (exact) mass is 405 g/mol. The number of benzene rings is 1. The molecule has 0 aliphatic carbocycles. The zero-order valence-corrected chi connectivity index (χ0v) is 18.5. The average Bonchev–Trinajstić information content (AvgIpc) is 2.68. The molecule has 0 unspecified atom stereocenters. The van der Waals surface area contributed by atoms with Crippen LogP contribution in [0.15, 0.2) is 18.2 Å². The van der Waals surface area contributed by atoms with Crippen LogP contribution in [0.4, 0.5) is 5.69 Å². The second-order valence-corrected chi connectivity index (χ2v) is 8.05. The molecule has 7 nitrogen and oxygen atoms in total. The van der Waals surface area contributed by atoms with Gasteiger partial charge in [-0.2, -0.15) is 0 Å². The molecule has 1 heterocycles. The summed E-state index contributed by atoms with van der Waals surface area (Å²) in [5.74, 6) is 0.577. The quantitative estimate of drug-likeness (QED) is 0.834. The summed E-state index contributed by atoms with van der Waals surface area (Å²) in [5.41, 5.74) is 1.12. The first-order valence-electron chi connectivity index (χ1n) is 10.3. The number of likely N-dealkylation sites (N-methyl/N-ethyl adjacent to an activating group) is 2. The van der Waals surface area contributed by atoms with Gasteiger partial charge in [0.1, 0.15) is 12.4 Å². The molecule has 1 aromatic carbocycles. The fourth-order valence-electron chi connectivity index (χ4n) is 3.48. The second-order valence-electron chi connectivity index (χ2n) is 8.05. The van der Waals surface area contributed by atoms with Crippen LogP contribution in [-0.2, 0) is 9.53 Å². The first kappa shape index (κ1) is 23.2. The average molecular weight is 406 g/mol. The van der Waals surface area contributed by atoms with E-state index in [0.29, 0.717) is 36.6 Å². The third kappa shape index (κ3) is 6.18. The van der Waals surface area contributed by atoms with Gasteiger partial charge in [0.05, 0.1) is 11.7 Å². The number of amides is 2. The van der Waals surface area contributed by atoms with Gasteiger partial charge in [0.25, 0.3) is 5.91 Å². The molecule has 2 rings (SSSR count). The number of rotatable bonds is 4. The largest absolute Gasteiger partial charge is 0.491 e. The highest BCUT2D eigenvalue weighted by atomic mass is 16.5. The van der Waals surface area contributed by atoms with Gasteiger partial charge in [-0.05, 0) is 38.4 Å². The standard InChI is InChI=1S/C22H35N3O4/c1-7-8-21(26)23-17-9-10-18-19(11-17)29-14-16(3)24(4)12-15(2)20(28-6)13-25(5)22(18)27/h9-11,15-16,20H,7-8,12-14H2,1-6H3,(H,23,26)/t15-,16+,20+/m0/s1. The molecule has 0 saturated carbocycles. The topological polar surface area (TPSA) is 71.1 Å². The Morgan fingerprint density at radius 2 is 2.00 bits per heavy atom. The molecule has 162 valence electrons. The summed E-state index contributed by atoms with van der Waals surface area (Å²) >= 11 is 0. The van der Waals surface area contributed by atoms with E-state index in [4.69, 9.17) is 9.47 Å². The molecule has 0 fully saturated rings. The lowest BCUT2D eigenvalue weighted by molar-refractivity contribution is -0.116. The van der Waals surface area contributed by atoms with Crippen molar-refractivity contribution in [1.82, 2.24) is 9.80 Å². The minimum absolute atomic E-state index is 0.0472. The molecule has 1 aliphatic rings. The zero-order valence-electron chi connectivity index (χ0n) is 18.5. The molecule has 0 aromatic heterocycles. The van der Waals surface area contributed by atoms with Crippen molar-refractivity contribution in [3.05, 3.63) is 23.8 Å². The molecule has 1 aliphatic heterocycles. The van der Waals surface area contributed by atoms with E-state index < -0.39 is 0 Å². The lowest BCUT2D eigenvalue weighted by Gasteiger charge is -2.34. The molecule has 1 aromatic rings. The zero-order chi connectivity index (χ0) is 21.6. The van der Waals surface area contributed by atoms with Crippen LogP contribution in [0.1, 0.15) is 44.0 Å². The summed E-state index contributed by atoms with van der Waals surface area (Å²) in [6, 6.07) is 5.37. The van der Waals surface area contributed by atoms with Gasteiger partial charge in [-0.25, -0.2) is 0 Å². The Bertz CT molecular complexity index is 709. The highest BCUT2D eigenvalue weighted by Crippen LogP contribution is 2.26. The number of ether oxygens (including phenoxy) is 2. The summed E-state index contributed by atoms with van der Waals surface area (Å²) in [7, 11) is 5.54. The number of nitrogens with one attached hydrogen (secondary N) is 1. The van der Waals surface area contributed by atoms with Crippen molar-refractivity contribution in [3.8, 4) is 5.75 Å². The summed E-state index contributed by atoms with van der Waals surface area (Å²) in [6.07, 6.45) is 1.17. The maximum absolute atomic E-state index is 13.1. The van der Waals surface area contributed by atoms with Crippen molar-refractivity contribution in [3.63, 3.8) is 0 Å². The first-order valence-corrected chi connectivity index (χ1v) is 10.3. The van der Waals surface area contributed by atoms with Crippen molar-refractivity contribution in [2.45, 2.75) is 45.8 Å². The van der Waals surface area contributed by atoms with Crippen molar-refractivity contribution in [2.24, 2.45) is 5.92 Å². The third-order valence-corrected chi connectivity index (χ3v) is 5.52. The van der Waals surface area contributed by atoms with Crippen molar-refractivity contribution < 1.29 is 19.1 Å². The molecule has 29 heavy (non-hydrogen) atoms. The maximum atomic E-state index is 13.1. The van der Waals surface area contributed by atoms with E-state index in [1.165, 1.54) is 0 Å². The summed E-state index contributed by atoms with van der Waals surface area (Å²) in [6.45, 7) is 7.97. The minimum atomic E-state index is -0.123. The van der Waals surface area contributed by atoms with E-state index in [2.05, 4.69) is 31.1 Å². The molecule has 1 N–H and O–H groups in total. The maximum Gasteiger partial charge on any atom is 0.257 e. The Morgan fingerprint density at radius 1 is 1.28 bits per heavy atom. The predicted octanol–water partition coefficient (Wildman–Crippen LogP) is 2.86. The molecule has 0 radical (unpaired) electrons. The molecule has 0 bridgehead atoms. The van der Waals surface area contributed by atoms with Gasteiger partial charge in [-0.15, -0.1) is 0 Å². The second kappa shape index (κ2) is 10.6. The molecule has 2 amide bonds. The van der Waals surface area contributed by atoms with Crippen LogP contribution in [0.25, 0.3) is 0 Å².